The van der Waals surface area contributed by atoms with Crippen molar-refractivity contribution >= 4 is 0 Å². The van der Waals surface area contributed by atoms with Gasteiger partial charge in [-0.1, -0.05) is 63.4 Å². The second-order valence-electron chi connectivity index (χ2n) is 6.36. The molecule has 0 saturated carbocycles. The lowest BCUT2D eigenvalue weighted by molar-refractivity contribution is -0.730. The molecule has 0 fully saturated rings. The standard InChI is InChI=1S/C20H30N2/c1-3-5-7-13-20(22-15-14-21-17-22)19(10-4-2)16-18-11-8-6-9-12-18/h6,8-9,11-12,14-15,17,19-20H,3-5,7,10,13,16H2,1-2H3/p+1. The molecule has 2 atom stereocenters. The van der Waals surface area contributed by atoms with Crippen molar-refractivity contribution < 1.29 is 4.57 Å². The van der Waals surface area contributed by atoms with E-state index in [0.717, 1.165) is 0 Å². The van der Waals surface area contributed by atoms with E-state index in [0.29, 0.717) is 12.0 Å². The van der Waals surface area contributed by atoms with Gasteiger partial charge in [-0.25, -0.2) is 4.57 Å². The number of nitrogens with zero attached hydrogens (tertiary/aromatic N) is 1. The van der Waals surface area contributed by atoms with Crippen LogP contribution >= 0.6 is 0 Å². The summed E-state index contributed by atoms with van der Waals surface area (Å²) in [7, 11) is 0. The summed E-state index contributed by atoms with van der Waals surface area (Å²) in [6.07, 6.45) is 15.3. The third kappa shape index (κ3) is 5.01. The van der Waals surface area contributed by atoms with Crippen molar-refractivity contribution in [3.05, 3.63) is 54.6 Å². The second kappa shape index (κ2) is 9.45. The second-order valence-corrected chi connectivity index (χ2v) is 6.36. The molecular weight excluding hydrogens is 268 g/mol. The molecule has 0 amide bonds. The minimum absolute atomic E-state index is 0.609. The number of nitrogens with one attached hydrogen (secondary N) is 1. The van der Waals surface area contributed by atoms with Crippen LogP contribution in [0.15, 0.2) is 49.1 Å². The number of benzene rings is 1. The van der Waals surface area contributed by atoms with E-state index in [1.165, 1.54) is 50.5 Å². The molecule has 2 aromatic rings. The lowest BCUT2D eigenvalue weighted by Gasteiger charge is -2.25. The number of rotatable bonds is 10. The topological polar surface area (TPSA) is 19.7 Å². The van der Waals surface area contributed by atoms with Crippen LogP contribution in [-0.2, 0) is 6.42 Å². The van der Waals surface area contributed by atoms with Crippen LogP contribution in [0.4, 0.5) is 0 Å². The van der Waals surface area contributed by atoms with Gasteiger partial charge in [-0.05, 0) is 31.2 Å². The molecule has 0 aliphatic carbocycles. The molecule has 1 heterocycles. The zero-order chi connectivity index (χ0) is 15.6. The van der Waals surface area contributed by atoms with Crippen molar-refractivity contribution in [1.29, 1.82) is 0 Å². The largest absolute Gasteiger partial charge is 0.250 e. The summed E-state index contributed by atoms with van der Waals surface area (Å²) in [5, 5.41) is 0. The van der Waals surface area contributed by atoms with Gasteiger partial charge in [-0.15, -0.1) is 0 Å². The Labute approximate surface area is 135 Å². The summed E-state index contributed by atoms with van der Waals surface area (Å²) in [6.45, 7) is 4.59. The highest BCUT2D eigenvalue weighted by Crippen LogP contribution is 2.27. The molecule has 0 radical (unpaired) electrons. The SMILES string of the molecule is CCCCCC(C(CCC)Cc1ccccc1)[n+]1cc[nH]c1. The van der Waals surface area contributed by atoms with E-state index >= 15 is 0 Å². The van der Waals surface area contributed by atoms with Crippen molar-refractivity contribution in [3.8, 4) is 0 Å². The summed E-state index contributed by atoms with van der Waals surface area (Å²) in [5.74, 6) is 0.713. The number of imidazole rings is 1. The summed E-state index contributed by atoms with van der Waals surface area (Å²) in [6, 6.07) is 11.6. The first-order valence-corrected chi connectivity index (χ1v) is 8.92. The number of aromatic amines is 1. The van der Waals surface area contributed by atoms with E-state index in [4.69, 9.17) is 0 Å². The zero-order valence-corrected chi connectivity index (χ0v) is 14.2. The number of aromatic nitrogens is 2. The summed E-state index contributed by atoms with van der Waals surface area (Å²) in [4.78, 5) is 3.22. The summed E-state index contributed by atoms with van der Waals surface area (Å²) in [5.41, 5.74) is 1.47. The van der Waals surface area contributed by atoms with E-state index in [-0.39, 0.29) is 0 Å². The average molecular weight is 299 g/mol. The molecule has 1 aromatic heterocycles. The maximum absolute atomic E-state index is 3.22. The van der Waals surface area contributed by atoms with Gasteiger partial charge in [-0.3, -0.25) is 4.98 Å². The first kappa shape index (κ1) is 16.8. The van der Waals surface area contributed by atoms with Crippen LogP contribution < -0.4 is 4.57 Å². The Morgan fingerprint density at radius 2 is 1.82 bits per heavy atom. The predicted octanol–water partition coefficient (Wildman–Crippen LogP) is 5.08. The van der Waals surface area contributed by atoms with Crippen molar-refractivity contribution in [3.63, 3.8) is 0 Å². The van der Waals surface area contributed by atoms with Gasteiger partial charge >= 0.3 is 0 Å². The number of hydrogen-bond donors (Lipinski definition) is 1. The Bertz CT molecular complexity index is 490. The van der Waals surface area contributed by atoms with Crippen LogP contribution in [0.3, 0.4) is 0 Å². The van der Waals surface area contributed by atoms with Crippen LogP contribution in [0.25, 0.3) is 0 Å². The van der Waals surface area contributed by atoms with Gasteiger partial charge in [0.05, 0.1) is 0 Å². The third-order valence-electron chi connectivity index (χ3n) is 4.60. The Morgan fingerprint density at radius 3 is 2.45 bits per heavy atom. The van der Waals surface area contributed by atoms with E-state index < -0.39 is 0 Å². The Hall–Kier alpha value is -1.57. The van der Waals surface area contributed by atoms with Gasteiger partial charge in [0.1, 0.15) is 18.4 Å². The van der Waals surface area contributed by atoms with Crippen molar-refractivity contribution in [2.45, 2.75) is 64.8 Å². The van der Waals surface area contributed by atoms with Gasteiger partial charge in [-0.2, -0.15) is 0 Å². The minimum Gasteiger partial charge on any atom is -0.250 e. The molecule has 2 nitrogen and oxygen atoms in total. The van der Waals surface area contributed by atoms with Crippen LogP contribution in [0.2, 0.25) is 0 Å². The summed E-state index contributed by atoms with van der Waals surface area (Å²) >= 11 is 0. The zero-order valence-electron chi connectivity index (χ0n) is 14.2. The highest BCUT2D eigenvalue weighted by molar-refractivity contribution is 5.15. The Kier molecular flexibility index (Phi) is 7.21. The first-order chi connectivity index (χ1) is 10.8. The fourth-order valence-electron chi connectivity index (χ4n) is 3.46. The molecule has 0 spiro atoms. The quantitative estimate of drug-likeness (QED) is 0.466. The lowest BCUT2D eigenvalue weighted by atomic mass is 9.85. The fourth-order valence-corrected chi connectivity index (χ4v) is 3.46. The number of hydrogen-bond acceptors (Lipinski definition) is 0. The molecule has 1 N–H and O–H groups in total. The fraction of sp³-hybridized carbons (Fsp3) is 0.550. The highest BCUT2D eigenvalue weighted by atomic mass is 15.1. The smallest absolute Gasteiger partial charge is 0.241 e. The molecular formula is C20H31N2+. The monoisotopic (exact) mass is 299 g/mol. The normalized spacial score (nSPS) is 13.9. The molecule has 2 rings (SSSR count). The average Bonchev–Trinajstić information content (AvgIpc) is 3.06. The maximum atomic E-state index is 3.22. The molecule has 2 heteroatoms. The van der Waals surface area contributed by atoms with Crippen LogP contribution in [-0.4, -0.2) is 4.98 Å². The summed E-state index contributed by atoms with van der Waals surface area (Å²) < 4.78 is 2.40. The molecule has 0 saturated heterocycles. The molecule has 0 aliphatic rings. The van der Waals surface area contributed by atoms with Gasteiger partial charge in [0, 0.05) is 5.92 Å². The van der Waals surface area contributed by atoms with Crippen molar-refractivity contribution in [1.82, 2.24) is 4.98 Å². The first-order valence-electron chi connectivity index (χ1n) is 8.92. The number of H-pyrrole nitrogens is 1. The number of unbranched alkanes of at least 4 members (excludes halogenated alkanes) is 2. The van der Waals surface area contributed by atoms with Gasteiger partial charge in [0.25, 0.3) is 0 Å². The van der Waals surface area contributed by atoms with Crippen LogP contribution in [0, 0.1) is 5.92 Å². The highest BCUT2D eigenvalue weighted by Gasteiger charge is 2.26. The van der Waals surface area contributed by atoms with Crippen molar-refractivity contribution in [2.75, 3.05) is 0 Å². The minimum atomic E-state index is 0.609. The maximum Gasteiger partial charge on any atom is 0.241 e. The van der Waals surface area contributed by atoms with E-state index in [1.807, 2.05) is 6.20 Å². The van der Waals surface area contributed by atoms with Gasteiger partial charge < -0.3 is 0 Å². The molecule has 0 bridgehead atoms. The van der Waals surface area contributed by atoms with E-state index in [1.54, 1.807) is 0 Å². The third-order valence-corrected chi connectivity index (χ3v) is 4.60. The van der Waals surface area contributed by atoms with Gasteiger partial charge in [0.15, 0.2) is 0 Å². The van der Waals surface area contributed by atoms with Crippen LogP contribution in [0.5, 0.6) is 0 Å². The lowest BCUT2D eigenvalue weighted by Crippen LogP contribution is -2.42. The Morgan fingerprint density at radius 1 is 1.00 bits per heavy atom. The molecule has 22 heavy (non-hydrogen) atoms. The molecule has 120 valence electrons. The van der Waals surface area contributed by atoms with Crippen LogP contribution in [0.1, 0.15) is 64.0 Å². The van der Waals surface area contributed by atoms with E-state index in [2.05, 4.69) is 66.3 Å². The predicted molar refractivity (Wildman–Crippen MR) is 92.7 cm³/mol. The van der Waals surface area contributed by atoms with E-state index in [9.17, 15) is 0 Å². The van der Waals surface area contributed by atoms with Crippen molar-refractivity contribution in [2.24, 2.45) is 5.92 Å². The molecule has 1 aromatic carbocycles. The molecule has 2 unspecified atom stereocenters. The van der Waals surface area contributed by atoms with Gasteiger partial charge in [0.2, 0.25) is 6.33 Å². The Balaban J connectivity index is 2.12. The molecule has 0 aliphatic heterocycles.